The maximum atomic E-state index is 12.2. The maximum absolute atomic E-state index is 12.2. The van der Waals surface area contributed by atoms with E-state index in [9.17, 15) is 14.4 Å². The van der Waals surface area contributed by atoms with Gasteiger partial charge in [0.1, 0.15) is 6.61 Å². The molecular formula is C16H23N5O4. The second-order valence-corrected chi connectivity index (χ2v) is 6.61. The number of amides is 3. The van der Waals surface area contributed by atoms with Crippen molar-refractivity contribution >= 4 is 23.4 Å². The van der Waals surface area contributed by atoms with Crippen LogP contribution in [-0.2, 0) is 26.2 Å². The summed E-state index contributed by atoms with van der Waals surface area (Å²) in [5.74, 6) is -0.396. The molecule has 3 amide bonds. The van der Waals surface area contributed by atoms with Crippen molar-refractivity contribution < 1.29 is 19.1 Å². The molecule has 9 heteroatoms. The van der Waals surface area contributed by atoms with Crippen molar-refractivity contribution in [2.45, 2.75) is 25.4 Å². The third-order valence-corrected chi connectivity index (χ3v) is 4.77. The van der Waals surface area contributed by atoms with Gasteiger partial charge in [-0.1, -0.05) is 0 Å². The number of hydrogen-bond donors (Lipinski definition) is 1. The number of likely N-dealkylation sites (tertiary alicyclic amines) is 1. The number of anilines is 1. The van der Waals surface area contributed by atoms with Crippen LogP contribution in [0, 0.1) is 0 Å². The molecule has 0 aromatic carbocycles. The quantitative estimate of drug-likeness (QED) is 0.777. The standard InChI is InChI=1S/C16H23N5O4/c1-12(22)17-8-14(23)20-5-3-16(4-6-20)11-21(15(24)10-25-16)13-7-18-19(2)9-13/h7,9H,3-6,8,10-11H2,1-2H3,(H,17,22). The molecule has 2 aliphatic rings. The fourth-order valence-corrected chi connectivity index (χ4v) is 3.28. The summed E-state index contributed by atoms with van der Waals surface area (Å²) >= 11 is 0. The van der Waals surface area contributed by atoms with Gasteiger partial charge in [-0.2, -0.15) is 5.10 Å². The van der Waals surface area contributed by atoms with Crippen LogP contribution >= 0.6 is 0 Å². The maximum Gasteiger partial charge on any atom is 0.253 e. The van der Waals surface area contributed by atoms with Crippen LogP contribution in [0.5, 0.6) is 0 Å². The van der Waals surface area contributed by atoms with Gasteiger partial charge in [0, 0.05) is 33.3 Å². The third kappa shape index (κ3) is 3.81. The third-order valence-electron chi connectivity index (χ3n) is 4.77. The highest BCUT2D eigenvalue weighted by molar-refractivity contribution is 5.95. The molecule has 0 radical (unpaired) electrons. The number of carbonyl (C=O) groups excluding carboxylic acids is 3. The molecule has 2 saturated heterocycles. The predicted octanol–water partition coefficient (Wildman–Crippen LogP) is -0.719. The number of rotatable bonds is 3. The second-order valence-electron chi connectivity index (χ2n) is 6.61. The van der Waals surface area contributed by atoms with E-state index in [1.54, 1.807) is 20.7 Å². The zero-order valence-electron chi connectivity index (χ0n) is 14.5. The van der Waals surface area contributed by atoms with Gasteiger partial charge in [0.2, 0.25) is 11.8 Å². The minimum atomic E-state index is -0.436. The van der Waals surface area contributed by atoms with Gasteiger partial charge in [-0.3, -0.25) is 19.1 Å². The van der Waals surface area contributed by atoms with Crippen LogP contribution in [0.2, 0.25) is 0 Å². The molecule has 25 heavy (non-hydrogen) atoms. The van der Waals surface area contributed by atoms with Crippen molar-refractivity contribution in [2.24, 2.45) is 7.05 Å². The highest BCUT2D eigenvalue weighted by Crippen LogP contribution is 2.32. The van der Waals surface area contributed by atoms with Crippen LogP contribution in [0.15, 0.2) is 12.4 Å². The lowest BCUT2D eigenvalue weighted by molar-refractivity contribution is -0.150. The van der Waals surface area contributed by atoms with E-state index in [1.165, 1.54) is 6.92 Å². The van der Waals surface area contributed by atoms with Gasteiger partial charge in [-0.15, -0.1) is 0 Å². The minimum Gasteiger partial charge on any atom is -0.363 e. The molecule has 0 bridgehead atoms. The Hall–Kier alpha value is -2.42. The number of morpholine rings is 1. The smallest absolute Gasteiger partial charge is 0.253 e. The van der Waals surface area contributed by atoms with Gasteiger partial charge in [0.25, 0.3) is 5.91 Å². The first-order valence-corrected chi connectivity index (χ1v) is 8.34. The molecule has 0 saturated carbocycles. The monoisotopic (exact) mass is 349 g/mol. The molecule has 2 aliphatic heterocycles. The van der Waals surface area contributed by atoms with E-state index < -0.39 is 5.60 Å². The largest absolute Gasteiger partial charge is 0.363 e. The Kier molecular flexibility index (Phi) is 4.76. The fraction of sp³-hybridized carbons (Fsp3) is 0.625. The first-order chi connectivity index (χ1) is 11.9. The minimum absolute atomic E-state index is 0.0173. The van der Waals surface area contributed by atoms with Gasteiger partial charge in [0.15, 0.2) is 0 Å². The van der Waals surface area contributed by atoms with Crippen LogP contribution < -0.4 is 10.2 Å². The van der Waals surface area contributed by atoms with Gasteiger partial charge in [0.05, 0.1) is 30.6 Å². The van der Waals surface area contributed by atoms with Crippen molar-refractivity contribution in [3.8, 4) is 0 Å². The topological polar surface area (TPSA) is 96.8 Å². The average Bonchev–Trinajstić information content (AvgIpc) is 3.02. The molecule has 1 N–H and O–H groups in total. The Morgan fingerprint density at radius 3 is 2.68 bits per heavy atom. The van der Waals surface area contributed by atoms with Crippen LogP contribution in [0.3, 0.4) is 0 Å². The highest BCUT2D eigenvalue weighted by Gasteiger charge is 2.43. The average molecular weight is 349 g/mol. The molecule has 0 atom stereocenters. The van der Waals surface area contributed by atoms with Crippen molar-refractivity contribution in [3.05, 3.63) is 12.4 Å². The Labute approximate surface area is 145 Å². The lowest BCUT2D eigenvalue weighted by Gasteiger charge is -2.46. The van der Waals surface area contributed by atoms with E-state index in [-0.39, 0.29) is 30.9 Å². The van der Waals surface area contributed by atoms with E-state index in [0.717, 1.165) is 5.69 Å². The van der Waals surface area contributed by atoms with E-state index in [0.29, 0.717) is 32.5 Å². The summed E-state index contributed by atoms with van der Waals surface area (Å²) in [7, 11) is 1.81. The molecule has 0 aliphatic carbocycles. The molecular weight excluding hydrogens is 326 g/mol. The van der Waals surface area contributed by atoms with Gasteiger partial charge < -0.3 is 19.9 Å². The van der Waals surface area contributed by atoms with E-state index >= 15 is 0 Å². The van der Waals surface area contributed by atoms with Crippen molar-refractivity contribution in [3.63, 3.8) is 0 Å². The number of ether oxygens (including phenoxy) is 1. The number of hydrogen-bond acceptors (Lipinski definition) is 5. The lowest BCUT2D eigenvalue weighted by Crippen LogP contribution is -2.60. The van der Waals surface area contributed by atoms with Crippen LogP contribution in [-0.4, -0.2) is 70.8 Å². The molecule has 1 aromatic heterocycles. The molecule has 1 spiro atoms. The molecule has 1 aromatic rings. The first-order valence-electron chi connectivity index (χ1n) is 8.34. The number of aryl methyl sites for hydroxylation is 1. The Morgan fingerprint density at radius 2 is 2.08 bits per heavy atom. The molecule has 2 fully saturated rings. The summed E-state index contributed by atoms with van der Waals surface area (Å²) in [6.07, 6.45) is 4.79. The SMILES string of the molecule is CC(=O)NCC(=O)N1CCC2(CC1)CN(c1cnn(C)c1)C(=O)CO2. The Morgan fingerprint density at radius 1 is 1.36 bits per heavy atom. The zero-order valence-corrected chi connectivity index (χ0v) is 14.5. The summed E-state index contributed by atoms with van der Waals surface area (Å²) in [4.78, 5) is 38.7. The van der Waals surface area contributed by atoms with Gasteiger partial charge >= 0.3 is 0 Å². The molecule has 3 rings (SSSR count). The fourth-order valence-electron chi connectivity index (χ4n) is 3.28. The zero-order chi connectivity index (χ0) is 18.0. The molecule has 3 heterocycles. The number of carbonyl (C=O) groups is 3. The summed E-state index contributed by atoms with van der Waals surface area (Å²) in [6.45, 7) is 3.00. The summed E-state index contributed by atoms with van der Waals surface area (Å²) < 4.78 is 7.54. The summed E-state index contributed by atoms with van der Waals surface area (Å²) in [6, 6.07) is 0. The lowest BCUT2D eigenvalue weighted by atomic mass is 9.89. The summed E-state index contributed by atoms with van der Waals surface area (Å²) in [5.41, 5.74) is 0.327. The van der Waals surface area contributed by atoms with E-state index in [1.807, 2.05) is 13.2 Å². The predicted molar refractivity (Wildman–Crippen MR) is 88.7 cm³/mol. The Balaban J connectivity index is 1.61. The molecule has 9 nitrogen and oxygen atoms in total. The molecule has 0 unspecified atom stereocenters. The number of piperidine rings is 1. The van der Waals surface area contributed by atoms with E-state index in [2.05, 4.69) is 10.4 Å². The van der Waals surface area contributed by atoms with E-state index in [4.69, 9.17) is 4.74 Å². The van der Waals surface area contributed by atoms with Crippen molar-refractivity contribution in [2.75, 3.05) is 37.7 Å². The van der Waals surface area contributed by atoms with Gasteiger partial charge in [-0.05, 0) is 12.8 Å². The van der Waals surface area contributed by atoms with Gasteiger partial charge in [-0.25, -0.2) is 0 Å². The summed E-state index contributed by atoms with van der Waals surface area (Å²) in [5, 5.41) is 6.65. The molecule has 136 valence electrons. The number of nitrogens with one attached hydrogen (secondary N) is 1. The highest BCUT2D eigenvalue weighted by atomic mass is 16.5. The normalized spacial score (nSPS) is 20.0. The van der Waals surface area contributed by atoms with Crippen LogP contribution in [0.4, 0.5) is 5.69 Å². The van der Waals surface area contributed by atoms with Crippen LogP contribution in [0.25, 0.3) is 0 Å². The first kappa shape index (κ1) is 17.4. The Bertz CT molecular complexity index is 678. The number of nitrogens with zero attached hydrogens (tertiary/aromatic N) is 4. The number of aromatic nitrogens is 2. The second kappa shape index (κ2) is 6.83. The van der Waals surface area contributed by atoms with Crippen LogP contribution in [0.1, 0.15) is 19.8 Å². The van der Waals surface area contributed by atoms with Crippen molar-refractivity contribution in [1.82, 2.24) is 20.0 Å². The van der Waals surface area contributed by atoms with Crippen molar-refractivity contribution in [1.29, 1.82) is 0 Å².